The zero-order valence-corrected chi connectivity index (χ0v) is 13.3. The van der Waals surface area contributed by atoms with Gasteiger partial charge in [0.15, 0.2) is 0 Å². The van der Waals surface area contributed by atoms with Crippen molar-refractivity contribution in [3.05, 3.63) is 45.8 Å². The van der Waals surface area contributed by atoms with E-state index in [1.54, 1.807) is 0 Å². The topological polar surface area (TPSA) is 39.3 Å². The van der Waals surface area contributed by atoms with Gasteiger partial charge in [-0.3, -0.25) is 0 Å². The summed E-state index contributed by atoms with van der Waals surface area (Å²) in [7, 11) is 0. The maximum Gasteiger partial charge on any atom is 0.116 e. The Morgan fingerprint density at radius 2 is 2.10 bits per heavy atom. The normalized spacial score (nSPS) is 21.3. The van der Waals surface area contributed by atoms with Crippen molar-refractivity contribution in [2.24, 2.45) is 5.92 Å². The Labute approximate surface area is 135 Å². The highest BCUT2D eigenvalue weighted by Crippen LogP contribution is 2.26. The second kappa shape index (κ2) is 6.77. The Kier molecular flexibility index (Phi) is 4.78. The van der Waals surface area contributed by atoms with Crippen molar-refractivity contribution in [2.45, 2.75) is 13.0 Å². The summed E-state index contributed by atoms with van der Waals surface area (Å²) in [5, 5.41) is 11.6. The van der Waals surface area contributed by atoms with Crippen molar-refractivity contribution in [1.82, 2.24) is 20.9 Å². The van der Waals surface area contributed by atoms with Crippen molar-refractivity contribution in [1.29, 1.82) is 0 Å². The highest BCUT2D eigenvalue weighted by Gasteiger charge is 2.17. The average molecular weight is 327 g/mol. The predicted octanol–water partition coefficient (Wildman–Crippen LogP) is 2.35. The number of nitrogens with one attached hydrogen (secondary N) is 3. The maximum absolute atomic E-state index is 6.22. The molecule has 1 saturated heterocycles. The summed E-state index contributed by atoms with van der Waals surface area (Å²) in [5.41, 5.74) is 0.972. The summed E-state index contributed by atoms with van der Waals surface area (Å²) in [6.45, 7) is 4.73. The number of benzene rings is 1. The van der Waals surface area contributed by atoms with Gasteiger partial charge in [0.05, 0.1) is 6.67 Å². The molecule has 1 atom stereocenters. The fourth-order valence-electron chi connectivity index (χ4n) is 2.70. The van der Waals surface area contributed by atoms with E-state index in [1.165, 1.54) is 6.42 Å². The third kappa shape index (κ3) is 3.76. The Hall–Kier alpha value is -1.10. The van der Waals surface area contributed by atoms with Crippen molar-refractivity contribution < 1.29 is 0 Å². The van der Waals surface area contributed by atoms with Crippen LogP contribution in [0, 0.1) is 5.92 Å². The first-order valence-corrected chi connectivity index (χ1v) is 8.05. The second-order valence-electron chi connectivity index (χ2n) is 5.56. The fourth-order valence-corrected chi connectivity index (χ4v) is 3.22. The summed E-state index contributed by atoms with van der Waals surface area (Å²) in [6, 6.07) is 5.62. The molecule has 0 amide bonds. The molecule has 4 nitrogen and oxygen atoms in total. The van der Waals surface area contributed by atoms with Crippen LogP contribution in [-0.2, 0) is 6.54 Å². The molecule has 2 aliphatic rings. The Morgan fingerprint density at radius 3 is 2.81 bits per heavy atom. The zero-order valence-electron chi connectivity index (χ0n) is 11.8. The van der Waals surface area contributed by atoms with Gasteiger partial charge in [-0.15, -0.1) is 0 Å². The minimum Gasteiger partial charge on any atom is -0.370 e. The molecule has 3 N–H and O–H groups in total. The molecule has 0 radical (unpaired) electrons. The van der Waals surface area contributed by atoms with Crippen LogP contribution >= 0.6 is 23.2 Å². The van der Waals surface area contributed by atoms with Gasteiger partial charge < -0.3 is 20.9 Å². The van der Waals surface area contributed by atoms with Gasteiger partial charge in [0.2, 0.25) is 0 Å². The van der Waals surface area contributed by atoms with Gasteiger partial charge in [0.1, 0.15) is 5.82 Å². The molecule has 0 unspecified atom stereocenters. The summed E-state index contributed by atoms with van der Waals surface area (Å²) < 4.78 is 0. The van der Waals surface area contributed by atoms with Gasteiger partial charge in [0, 0.05) is 34.9 Å². The van der Waals surface area contributed by atoms with E-state index in [2.05, 4.69) is 27.1 Å². The number of nitrogens with zero attached hydrogens (tertiary/aromatic N) is 1. The van der Waals surface area contributed by atoms with E-state index < -0.39 is 0 Å². The predicted molar refractivity (Wildman–Crippen MR) is 87.1 cm³/mol. The van der Waals surface area contributed by atoms with Crippen LogP contribution in [-0.4, -0.2) is 31.2 Å². The molecule has 0 bridgehead atoms. The van der Waals surface area contributed by atoms with Crippen LogP contribution in [0.1, 0.15) is 12.0 Å². The van der Waals surface area contributed by atoms with Gasteiger partial charge in [-0.1, -0.05) is 29.3 Å². The second-order valence-corrected chi connectivity index (χ2v) is 6.38. The van der Waals surface area contributed by atoms with Gasteiger partial charge in [-0.05, 0) is 37.6 Å². The first-order chi connectivity index (χ1) is 10.2. The van der Waals surface area contributed by atoms with E-state index in [-0.39, 0.29) is 0 Å². The molecule has 3 rings (SSSR count). The molecule has 0 spiro atoms. The van der Waals surface area contributed by atoms with E-state index in [1.807, 2.05) is 18.2 Å². The molecular weight excluding hydrogens is 307 g/mol. The molecule has 2 heterocycles. The number of hydrogen-bond donors (Lipinski definition) is 3. The lowest BCUT2D eigenvalue weighted by Gasteiger charge is -2.16. The van der Waals surface area contributed by atoms with Crippen LogP contribution in [0.3, 0.4) is 0 Å². The fraction of sp³-hybridized carbons (Fsp3) is 0.467. The van der Waals surface area contributed by atoms with E-state index in [0.717, 1.165) is 43.6 Å². The van der Waals surface area contributed by atoms with Gasteiger partial charge in [-0.2, -0.15) is 0 Å². The van der Waals surface area contributed by atoms with E-state index in [4.69, 9.17) is 23.2 Å². The van der Waals surface area contributed by atoms with E-state index >= 15 is 0 Å². The number of rotatable bonds is 5. The Bertz CT molecular complexity index is 506. The minimum atomic E-state index is 0.710. The lowest BCUT2D eigenvalue weighted by atomic mass is 10.1. The molecule has 0 saturated carbocycles. The van der Waals surface area contributed by atoms with Crippen molar-refractivity contribution in [3.8, 4) is 0 Å². The zero-order chi connectivity index (χ0) is 14.7. The summed E-state index contributed by atoms with van der Waals surface area (Å²) >= 11 is 12.4. The quantitative estimate of drug-likeness (QED) is 0.776. The smallest absolute Gasteiger partial charge is 0.116 e. The first-order valence-electron chi connectivity index (χ1n) is 7.29. The lowest BCUT2D eigenvalue weighted by molar-refractivity contribution is 0.384. The monoisotopic (exact) mass is 326 g/mol. The van der Waals surface area contributed by atoms with Crippen LogP contribution in [0.5, 0.6) is 0 Å². The van der Waals surface area contributed by atoms with E-state index in [0.29, 0.717) is 16.6 Å². The Morgan fingerprint density at radius 1 is 1.29 bits per heavy atom. The molecule has 0 aliphatic carbocycles. The average Bonchev–Trinajstić information content (AvgIpc) is 3.12. The summed E-state index contributed by atoms with van der Waals surface area (Å²) in [6.07, 6.45) is 3.35. The molecule has 1 aromatic carbocycles. The molecule has 1 aromatic rings. The number of halogens is 2. The minimum absolute atomic E-state index is 0.710. The highest BCUT2D eigenvalue weighted by atomic mass is 35.5. The molecule has 1 fully saturated rings. The van der Waals surface area contributed by atoms with Crippen LogP contribution < -0.4 is 16.0 Å². The molecule has 6 heteroatoms. The summed E-state index contributed by atoms with van der Waals surface area (Å²) in [4.78, 5) is 2.17. The molecule has 21 heavy (non-hydrogen) atoms. The standard InChI is InChI=1S/C15H20Cl2N4/c16-13-2-1-3-14(17)12(13)8-21-9-15(20-10-21)19-7-11-4-5-18-6-11/h1-3,9,11,18-20H,4-8,10H2/t11-/m1/s1. The molecule has 0 aromatic heterocycles. The van der Waals surface area contributed by atoms with Gasteiger partial charge in [0.25, 0.3) is 0 Å². The number of hydrogen-bond acceptors (Lipinski definition) is 4. The lowest BCUT2D eigenvalue weighted by Crippen LogP contribution is -2.29. The van der Waals surface area contributed by atoms with Crippen molar-refractivity contribution in [3.63, 3.8) is 0 Å². The maximum atomic E-state index is 6.22. The van der Waals surface area contributed by atoms with Gasteiger partial charge in [-0.25, -0.2) is 0 Å². The van der Waals surface area contributed by atoms with Crippen LogP contribution in [0.2, 0.25) is 10.0 Å². The molecular formula is C15H20Cl2N4. The SMILES string of the molecule is Clc1cccc(Cl)c1CN1C=C(NC[C@@H]2CCNC2)NC1. The summed E-state index contributed by atoms with van der Waals surface area (Å²) in [5.74, 6) is 1.80. The first kappa shape index (κ1) is 14.8. The third-order valence-corrected chi connectivity index (χ3v) is 4.66. The van der Waals surface area contributed by atoms with Gasteiger partial charge >= 0.3 is 0 Å². The Balaban J connectivity index is 1.55. The molecule has 114 valence electrons. The third-order valence-electron chi connectivity index (χ3n) is 3.95. The van der Waals surface area contributed by atoms with Crippen LogP contribution in [0.15, 0.2) is 30.2 Å². The molecule has 2 aliphatic heterocycles. The van der Waals surface area contributed by atoms with Crippen LogP contribution in [0.25, 0.3) is 0 Å². The van der Waals surface area contributed by atoms with Crippen molar-refractivity contribution >= 4 is 23.2 Å². The van der Waals surface area contributed by atoms with Crippen LogP contribution in [0.4, 0.5) is 0 Å². The van der Waals surface area contributed by atoms with E-state index in [9.17, 15) is 0 Å². The highest BCUT2D eigenvalue weighted by molar-refractivity contribution is 6.35. The largest absolute Gasteiger partial charge is 0.370 e. The van der Waals surface area contributed by atoms with Crippen molar-refractivity contribution in [2.75, 3.05) is 26.3 Å².